The van der Waals surface area contributed by atoms with Crippen LogP contribution in [0.5, 0.6) is 0 Å². The molecule has 140 valence electrons. The molecule has 1 heterocycles. The van der Waals surface area contributed by atoms with Gasteiger partial charge in [0.2, 0.25) is 11.8 Å². The second kappa shape index (κ2) is 8.91. The van der Waals surface area contributed by atoms with Gasteiger partial charge in [-0.1, -0.05) is 39.3 Å². The number of carbonyl (C=O) groups excluding carboxylic acids is 2. The Morgan fingerprint density at radius 3 is 2.56 bits per heavy atom. The standard InChI is InChI=1S/C19H17BrClN3O2S/c1-2-24-17(25)11-16(18(26)22-14-9-5-13(21)6-10-14)27-19(24)23-15-7-3-12(20)4-8-15/h3-10,16H,2,11H2,1H3,(H,22,26). The van der Waals surface area contributed by atoms with Crippen LogP contribution in [0.2, 0.25) is 5.02 Å². The van der Waals surface area contributed by atoms with Crippen molar-refractivity contribution in [3.8, 4) is 0 Å². The van der Waals surface area contributed by atoms with Crippen LogP contribution in [-0.4, -0.2) is 33.7 Å². The molecule has 1 saturated heterocycles. The van der Waals surface area contributed by atoms with E-state index in [-0.39, 0.29) is 18.2 Å². The molecule has 0 spiro atoms. The van der Waals surface area contributed by atoms with E-state index < -0.39 is 5.25 Å². The second-order valence-electron chi connectivity index (χ2n) is 5.82. The van der Waals surface area contributed by atoms with Crippen LogP contribution in [0.25, 0.3) is 0 Å². The van der Waals surface area contributed by atoms with Crippen molar-refractivity contribution in [2.24, 2.45) is 4.99 Å². The van der Waals surface area contributed by atoms with E-state index in [1.807, 2.05) is 31.2 Å². The molecule has 0 bridgehead atoms. The number of thioether (sulfide) groups is 1. The van der Waals surface area contributed by atoms with Gasteiger partial charge < -0.3 is 5.32 Å². The van der Waals surface area contributed by atoms with Crippen molar-refractivity contribution >= 4 is 67.6 Å². The molecule has 2 aromatic carbocycles. The Balaban J connectivity index is 1.79. The van der Waals surface area contributed by atoms with Gasteiger partial charge in [0, 0.05) is 28.1 Å². The molecule has 5 nitrogen and oxygen atoms in total. The Kier molecular flexibility index (Phi) is 6.57. The number of rotatable bonds is 4. The zero-order valence-electron chi connectivity index (χ0n) is 14.5. The van der Waals surface area contributed by atoms with Crippen molar-refractivity contribution in [2.45, 2.75) is 18.6 Å². The summed E-state index contributed by atoms with van der Waals surface area (Å²) in [6.07, 6.45) is 0.136. The molecule has 0 saturated carbocycles. The Labute approximate surface area is 175 Å². The van der Waals surface area contributed by atoms with Crippen LogP contribution >= 0.6 is 39.3 Å². The zero-order chi connectivity index (χ0) is 19.4. The molecular weight excluding hydrogens is 450 g/mol. The van der Waals surface area contributed by atoms with Gasteiger partial charge in [-0.2, -0.15) is 0 Å². The summed E-state index contributed by atoms with van der Waals surface area (Å²) in [4.78, 5) is 31.3. The van der Waals surface area contributed by atoms with Gasteiger partial charge in [0.05, 0.1) is 5.69 Å². The van der Waals surface area contributed by atoms with Crippen molar-refractivity contribution in [1.82, 2.24) is 4.90 Å². The van der Waals surface area contributed by atoms with Gasteiger partial charge in [-0.05, 0) is 55.5 Å². The lowest BCUT2D eigenvalue weighted by atomic mass is 10.2. The van der Waals surface area contributed by atoms with Crippen molar-refractivity contribution in [2.75, 3.05) is 11.9 Å². The number of aliphatic imine (C=N–C) groups is 1. The molecule has 1 aliphatic rings. The van der Waals surface area contributed by atoms with Gasteiger partial charge in [-0.25, -0.2) is 4.99 Å². The highest BCUT2D eigenvalue weighted by Crippen LogP contribution is 2.30. The summed E-state index contributed by atoms with van der Waals surface area (Å²) in [5.41, 5.74) is 1.37. The van der Waals surface area contributed by atoms with Gasteiger partial charge in [0.15, 0.2) is 5.17 Å². The minimum absolute atomic E-state index is 0.108. The summed E-state index contributed by atoms with van der Waals surface area (Å²) in [5, 5.41) is 3.43. The van der Waals surface area contributed by atoms with Crippen LogP contribution in [0.1, 0.15) is 13.3 Å². The smallest absolute Gasteiger partial charge is 0.238 e. The minimum Gasteiger partial charge on any atom is -0.325 e. The first-order valence-corrected chi connectivity index (χ1v) is 10.4. The topological polar surface area (TPSA) is 61.8 Å². The predicted octanol–water partition coefficient (Wildman–Crippen LogP) is 5.08. The van der Waals surface area contributed by atoms with Crippen molar-refractivity contribution in [1.29, 1.82) is 0 Å². The first-order valence-electron chi connectivity index (χ1n) is 8.34. The largest absolute Gasteiger partial charge is 0.325 e. The van der Waals surface area contributed by atoms with E-state index in [4.69, 9.17) is 11.6 Å². The van der Waals surface area contributed by atoms with Crippen LogP contribution in [-0.2, 0) is 9.59 Å². The average Bonchev–Trinajstić information content (AvgIpc) is 2.65. The zero-order valence-corrected chi connectivity index (χ0v) is 17.6. The number of anilines is 1. The fraction of sp³-hybridized carbons (Fsp3) is 0.211. The van der Waals surface area contributed by atoms with Crippen LogP contribution in [0.3, 0.4) is 0 Å². The molecule has 1 atom stereocenters. The molecule has 2 aromatic rings. The Bertz CT molecular complexity index is 872. The Morgan fingerprint density at radius 2 is 1.93 bits per heavy atom. The maximum absolute atomic E-state index is 12.6. The molecule has 1 unspecified atom stereocenters. The maximum atomic E-state index is 12.6. The number of hydrogen-bond acceptors (Lipinski definition) is 4. The van der Waals surface area contributed by atoms with E-state index in [1.54, 1.807) is 29.2 Å². The third-order valence-electron chi connectivity index (χ3n) is 3.91. The van der Waals surface area contributed by atoms with Crippen molar-refractivity contribution < 1.29 is 9.59 Å². The number of amidine groups is 1. The molecular formula is C19H17BrClN3O2S. The SMILES string of the molecule is CCN1C(=O)CC(C(=O)Nc2ccc(Cl)cc2)SC1=Nc1ccc(Br)cc1. The Morgan fingerprint density at radius 1 is 1.26 bits per heavy atom. The fourth-order valence-corrected chi connectivity index (χ4v) is 4.09. The third-order valence-corrected chi connectivity index (χ3v) is 5.88. The molecule has 27 heavy (non-hydrogen) atoms. The molecule has 3 rings (SSSR count). The number of carbonyl (C=O) groups is 2. The highest BCUT2D eigenvalue weighted by molar-refractivity contribution is 9.10. The summed E-state index contributed by atoms with van der Waals surface area (Å²) in [6, 6.07) is 14.3. The highest BCUT2D eigenvalue weighted by atomic mass is 79.9. The number of benzene rings is 2. The monoisotopic (exact) mass is 465 g/mol. The van der Waals surface area contributed by atoms with Gasteiger partial charge in [-0.3, -0.25) is 14.5 Å². The normalized spacial score (nSPS) is 18.6. The number of amides is 2. The Hall–Kier alpha value is -1.83. The minimum atomic E-state index is -0.537. The predicted molar refractivity (Wildman–Crippen MR) is 115 cm³/mol. The van der Waals surface area contributed by atoms with Crippen LogP contribution in [0.4, 0.5) is 11.4 Å². The summed E-state index contributed by atoms with van der Waals surface area (Å²) >= 11 is 10.6. The summed E-state index contributed by atoms with van der Waals surface area (Å²) in [5.74, 6) is -0.335. The van der Waals surface area contributed by atoms with E-state index in [0.29, 0.717) is 22.4 Å². The van der Waals surface area contributed by atoms with Crippen LogP contribution in [0, 0.1) is 0 Å². The van der Waals surface area contributed by atoms with Crippen molar-refractivity contribution in [3.05, 3.63) is 58.0 Å². The summed E-state index contributed by atoms with van der Waals surface area (Å²) < 4.78 is 0.950. The second-order valence-corrected chi connectivity index (χ2v) is 8.34. The molecule has 1 N–H and O–H groups in total. The number of nitrogens with zero attached hydrogens (tertiary/aromatic N) is 2. The van der Waals surface area contributed by atoms with Gasteiger partial charge in [0.25, 0.3) is 0 Å². The van der Waals surface area contributed by atoms with Gasteiger partial charge in [0.1, 0.15) is 5.25 Å². The molecule has 0 aromatic heterocycles. The average molecular weight is 467 g/mol. The molecule has 0 aliphatic carbocycles. The van der Waals surface area contributed by atoms with Gasteiger partial charge in [-0.15, -0.1) is 0 Å². The summed E-state index contributed by atoms with van der Waals surface area (Å²) in [7, 11) is 0. The first kappa shape index (κ1) is 19.9. The third kappa shape index (κ3) is 5.12. The molecule has 1 fully saturated rings. The van der Waals surface area contributed by atoms with Crippen molar-refractivity contribution in [3.63, 3.8) is 0 Å². The highest BCUT2D eigenvalue weighted by Gasteiger charge is 2.35. The first-order chi connectivity index (χ1) is 13.0. The number of halogens is 2. The van der Waals surface area contributed by atoms with E-state index >= 15 is 0 Å². The van der Waals surface area contributed by atoms with E-state index in [2.05, 4.69) is 26.2 Å². The number of nitrogens with one attached hydrogen (secondary N) is 1. The van der Waals surface area contributed by atoms with E-state index in [9.17, 15) is 9.59 Å². The molecule has 2 amide bonds. The molecule has 8 heteroatoms. The quantitative estimate of drug-likeness (QED) is 0.683. The fourth-order valence-electron chi connectivity index (χ4n) is 2.53. The van der Waals surface area contributed by atoms with E-state index in [1.165, 1.54) is 11.8 Å². The van der Waals surface area contributed by atoms with E-state index in [0.717, 1.165) is 10.2 Å². The molecule has 1 aliphatic heterocycles. The number of hydrogen-bond donors (Lipinski definition) is 1. The maximum Gasteiger partial charge on any atom is 0.238 e. The van der Waals surface area contributed by atoms with Crippen LogP contribution < -0.4 is 5.32 Å². The molecule has 0 radical (unpaired) electrons. The summed E-state index contributed by atoms with van der Waals surface area (Å²) in [6.45, 7) is 2.40. The van der Waals surface area contributed by atoms with Gasteiger partial charge >= 0.3 is 0 Å². The lowest BCUT2D eigenvalue weighted by Crippen LogP contribution is -2.45. The van der Waals surface area contributed by atoms with Crippen LogP contribution in [0.15, 0.2) is 58.0 Å². The lowest BCUT2D eigenvalue weighted by Gasteiger charge is -2.30. The lowest BCUT2D eigenvalue weighted by molar-refractivity contribution is -0.129.